The quantitative estimate of drug-likeness (QED) is 0.381. The Kier molecular flexibility index (Phi) is 6.48. The van der Waals surface area contributed by atoms with Gasteiger partial charge < -0.3 is 9.88 Å². The van der Waals surface area contributed by atoms with Crippen LogP contribution >= 0.6 is 23.1 Å². The highest BCUT2D eigenvalue weighted by molar-refractivity contribution is 7.99. The number of carbonyl (C=O) groups excluding carboxylic acids is 1. The molecule has 1 N–H and O–H groups in total. The number of hydrogen-bond donors (Lipinski definition) is 1. The average Bonchev–Trinajstić information content (AvgIpc) is 3.36. The van der Waals surface area contributed by atoms with E-state index in [0.717, 1.165) is 39.2 Å². The average molecular weight is 450 g/mol. The Morgan fingerprint density at radius 3 is 2.48 bits per heavy atom. The number of nitrogens with zero attached hydrogens (tertiary/aromatic N) is 4. The second kappa shape index (κ2) is 9.45. The number of rotatable bonds is 7. The molecule has 0 unspecified atom stereocenters. The van der Waals surface area contributed by atoms with E-state index in [1.54, 1.807) is 0 Å². The first-order valence-electron chi connectivity index (χ1n) is 10.0. The summed E-state index contributed by atoms with van der Waals surface area (Å²) in [6, 6.07) is 18.2. The summed E-state index contributed by atoms with van der Waals surface area (Å²) in [6.45, 7) is 6.85. The molecular formula is C23H23N5OS2. The second-order valence-electron chi connectivity index (χ2n) is 7.04. The van der Waals surface area contributed by atoms with Crippen molar-refractivity contribution in [3.63, 3.8) is 0 Å². The number of benzene rings is 2. The Balaban J connectivity index is 1.42. The molecule has 0 aliphatic heterocycles. The van der Waals surface area contributed by atoms with Gasteiger partial charge in [0.15, 0.2) is 16.1 Å². The summed E-state index contributed by atoms with van der Waals surface area (Å²) in [5.74, 6) is 0.945. The van der Waals surface area contributed by atoms with Crippen LogP contribution in [0.2, 0.25) is 0 Å². The molecule has 0 radical (unpaired) electrons. The van der Waals surface area contributed by atoms with E-state index in [-0.39, 0.29) is 11.7 Å². The van der Waals surface area contributed by atoms with Gasteiger partial charge >= 0.3 is 0 Å². The second-order valence-corrected chi connectivity index (χ2v) is 9.19. The molecular weight excluding hydrogens is 426 g/mol. The number of nitrogens with one attached hydrogen (secondary N) is 1. The molecule has 2 aromatic heterocycles. The van der Waals surface area contributed by atoms with Crippen molar-refractivity contribution in [2.24, 2.45) is 0 Å². The number of anilines is 1. The number of carbonyl (C=O) groups is 1. The van der Waals surface area contributed by atoms with Gasteiger partial charge in [-0.15, -0.1) is 21.5 Å². The number of aromatic nitrogens is 4. The first-order chi connectivity index (χ1) is 15.0. The minimum atomic E-state index is -0.110. The highest BCUT2D eigenvalue weighted by Gasteiger charge is 2.16. The molecule has 0 atom stereocenters. The number of thiazole rings is 1. The van der Waals surface area contributed by atoms with E-state index in [0.29, 0.717) is 5.13 Å². The van der Waals surface area contributed by atoms with Crippen LogP contribution < -0.4 is 5.32 Å². The fraction of sp³-hybridized carbons (Fsp3) is 0.217. The summed E-state index contributed by atoms with van der Waals surface area (Å²) >= 11 is 2.86. The van der Waals surface area contributed by atoms with Gasteiger partial charge in [0.25, 0.3) is 0 Å². The molecule has 0 spiro atoms. The molecule has 0 saturated carbocycles. The van der Waals surface area contributed by atoms with Crippen LogP contribution in [0.5, 0.6) is 0 Å². The summed E-state index contributed by atoms with van der Waals surface area (Å²) in [6.07, 6.45) is 0. The molecule has 6 nitrogen and oxygen atoms in total. The summed E-state index contributed by atoms with van der Waals surface area (Å²) in [5, 5.41) is 12.9. The number of amides is 1. The Bertz CT molecular complexity index is 1180. The monoisotopic (exact) mass is 449 g/mol. The first-order valence-corrected chi connectivity index (χ1v) is 11.8. The van der Waals surface area contributed by atoms with E-state index in [1.807, 2.05) is 54.0 Å². The standard InChI is InChI=1S/C23H23N5OS2/c1-4-28-21(18-12-10-15(2)11-13-18)26-27-23(28)30-14-19(29)24-22-25-20(16(3)31-22)17-8-6-5-7-9-17/h5-13H,4,14H2,1-3H3,(H,24,25,29). The zero-order chi connectivity index (χ0) is 21.8. The minimum Gasteiger partial charge on any atom is -0.302 e. The van der Waals surface area contributed by atoms with Crippen molar-refractivity contribution in [2.75, 3.05) is 11.1 Å². The van der Waals surface area contributed by atoms with Crippen molar-refractivity contribution < 1.29 is 4.79 Å². The van der Waals surface area contributed by atoms with Gasteiger partial charge in [-0.2, -0.15) is 0 Å². The smallest absolute Gasteiger partial charge is 0.236 e. The molecule has 8 heteroatoms. The Labute approximate surface area is 189 Å². The maximum atomic E-state index is 12.5. The topological polar surface area (TPSA) is 72.7 Å². The fourth-order valence-corrected chi connectivity index (χ4v) is 4.85. The minimum absolute atomic E-state index is 0.110. The molecule has 2 aromatic carbocycles. The normalized spacial score (nSPS) is 10.9. The zero-order valence-electron chi connectivity index (χ0n) is 17.6. The first kappa shape index (κ1) is 21.3. The van der Waals surface area contributed by atoms with Crippen molar-refractivity contribution in [3.05, 3.63) is 65.0 Å². The van der Waals surface area contributed by atoms with Gasteiger partial charge in [-0.05, 0) is 20.8 Å². The molecule has 31 heavy (non-hydrogen) atoms. The molecule has 4 rings (SSSR count). The van der Waals surface area contributed by atoms with Gasteiger partial charge in [0.05, 0.1) is 11.4 Å². The third-order valence-electron chi connectivity index (χ3n) is 4.77. The van der Waals surface area contributed by atoms with Crippen LogP contribution in [0.25, 0.3) is 22.6 Å². The Morgan fingerprint density at radius 1 is 1.03 bits per heavy atom. The van der Waals surface area contributed by atoms with Crippen LogP contribution in [0, 0.1) is 13.8 Å². The van der Waals surface area contributed by atoms with Crippen LogP contribution in [-0.4, -0.2) is 31.4 Å². The van der Waals surface area contributed by atoms with Crippen LogP contribution in [0.15, 0.2) is 59.8 Å². The van der Waals surface area contributed by atoms with Crippen molar-refractivity contribution in [3.8, 4) is 22.6 Å². The summed E-state index contributed by atoms with van der Waals surface area (Å²) in [7, 11) is 0. The van der Waals surface area contributed by atoms with E-state index in [4.69, 9.17) is 0 Å². The van der Waals surface area contributed by atoms with Gasteiger partial charge in [0, 0.05) is 22.5 Å². The van der Waals surface area contributed by atoms with Crippen LogP contribution in [0.1, 0.15) is 17.4 Å². The van der Waals surface area contributed by atoms with E-state index in [1.165, 1.54) is 28.7 Å². The lowest BCUT2D eigenvalue weighted by atomic mass is 10.1. The number of aryl methyl sites for hydroxylation is 2. The molecule has 158 valence electrons. The number of thioether (sulfide) groups is 1. The van der Waals surface area contributed by atoms with Crippen LogP contribution in [0.4, 0.5) is 5.13 Å². The number of hydrogen-bond acceptors (Lipinski definition) is 6. The molecule has 0 fully saturated rings. The molecule has 0 aliphatic rings. The summed E-state index contributed by atoms with van der Waals surface area (Å²) in [5.41, 5.74) is 4.17. The molecule has 2 heterocycles. The zero-order valence-corrected chi connectivity index (χ0v) is 19.3. The largest absolute Gasteiger partial charge is 0.302 e. The van der Waals surface area contributed by atoms with Gasteiger partial charge in [-0.1, -0.05) is 71.9 Å². The lowest BCUT2D eigenvalue weighted by molar-refractivity contribution is -0.113. The van der Waals surface area contributed by atoms with Crippen LogP contribution in [-0.2, 0) is 11.3 Å². The van der Waals surface area contributed by atoms with Gasteiger partial charge in [0.1, 0.15) is 0 Å². The van der Waals surface area contributed by atoms with E-state index in [9.17, 15) is 4.79 Å². The Morgan fingerprint density at radius 2 is 1.77 bits per heavy atom. The predicted molar refractivity (Wildman–Crippen MR) is 128 cm³/mol. The van der Waals surface area contributed by atoms with Gasteiger partial charge in [-0.25, -0.2) is 4.98 Å². The van der Waals surface area contributed by atoms with Gasteiger partial charge in [0.2, 0.25) is 5.91 Å². The predicted octanol–water partition coefficient (Wildman–Crippen LogP) is 5.44. The summed E-state index contributed by atoms with van der Waals surface area (Å²) in [4.78, 5) is 18.2. The van der Waals surface area contributed by atoms with E-state index < -0.39 is 0 Å². The maximum absolute atomic E-state index is 12.5. The van der Waals surface area contributed by atoms with Gasteiger partial charge in [-0.3, -0.25) is 4.79 Å². The molecule has 0 saturated heterocycles. The molecule has 0 bridgehead atoms. The van der Waals surface area contributed by atoms with Crippen molar-refractivity contribution >= 4 is 34.1 Å². The fourth-order valence-electron chi connectivity index (χ4n) is 3.20. The highest BCUT2D eigenvalue weighted by atomic mass is 32.2. The lowest BCUT2D eigenvalue weighted by Crippen LogP contribution is -2.14. The molecule has 1 amide bonds. The third-order valence-corrected chi connectivity index (χ3v) is 6.62. The van der Waals surface area contributed by atoms with E-state index in [2.05, 4.69) is 46.5 Å². The molecule has 4 aromatic rings. The Hall–Kier alpha value is -2.97. The maximum Gasteiger partial charge on any atom is 0.236 e. The molecule has 0 aliphatic carbocycles. The third kappa shape index (κ3) is 4.86. The summed E-state index contributed by atoms with van der Waals surface area (Å²) < 4.78 is 2.03. The van der Waals surface area contributed by atoms with Crippen molar-refractivity contribution in [2.45, 2.75) is 32.5 Å². The highest BCUT2D eigenvalue weighted by Crippen LogP contribution is 2.30. The van der Waals surface area contributed by atoms with Crippen molar-refractivity contribution in [1.29, 1.82) is 0 Å². The SMILES string of the molecule is CCn1c(SCC(=O)Nc2nc(-c3ccccc3)c(C)s2)nnc1-c1ccc(C)cc1. The van der Waals surface area contributed by atoms with Crippen LogP contribution in [0.3, 0.4) is 0 Å². The van der Waals surface area contributed by atoms with E-state index >= 15 is 0 Å². The van der Waals surface area contributed by atoms with Crippen molar-refractivity contribution in [1.82, 2.24) is 19.7 Å². The lowest BCUT2D eigenvalue weighted by Gasteiger charge is -2.07.